The van der Waals surface area contributed by atoms with Crippen molar-refractivity contribution in [3.05, 3.63) is 83.9 Å². The van der Waals surface area contributed by atoms with E-state index in [0.29, 0.717) is 34.8 Å². The molecule has 8 heteroatoms. The number of aromatic nitrogens is 3. The van der Waals surface area contributed by atoms with E-state index in [9.17, 15) is 0 Å². The quantitative estimate of drug-likeness (QED) is 0.341. The summed E-state index contributed by atoms with van der Waals surface area (Å²) in [6.45, 7) is 2.50. The minimum atomic E-state index is -0.504. The average Bonchev–Trinajstić information content (AvgIpc) is 3.05. The number of benzene rings is 3. The molecule has 1 atom stereocenters. The smallest absolute Gasteiger partial charge is 0.247 e. The Bertz CT molecular complexity index is 1290. The summed E-state index contributed by atoms with van der Waals surface area (Å²) >= 11 is 1.52. The zero-order chi connectivity index (χ0) is 23.3. The molecule has 0 amide bonds. The fraction of sp³-hybridized carbons (Fsp3) is 0.192. The highest BCUT2D eigenvalue weighted by Crippen LogP contribution is 2.41. The molecular weight excluding hydrogens is 448 g/mol. The van der Waals surface area contributed by atoms with Crippen molar-refractivity contribution in [1.29, 1.82) is 0 Å². The van der Waals surface area contributed by atoms with Crippen LogP contribution in [0, 0.1) is 0 Å². The van der Waals surface area contributed by atoms with Gasteiger partial charge in [-0.3, -0.25) is 0 Å². The fourth-order valence-corrected chi connectivity index (χ4v) is 4.44. The molecule has 0 unspecified atom stereocenters. The largest absolute Gasteiger partial charge is 0.493 e. The summed E-state index contributed by atoms with van der Waals surface area (Å²) in [6.07, 6.45) is -0.504. The highest BCUT2D eigenvalue weighted by molar-refractivity contribution is 7.98. The zero-order valence-corrected chi connectivity index (χ0v) is 19.7. The van der Waals surface area contributed by atoms with E-state index in [1.807, 2.05) is 67.6 Å². The molecule has 0 fully saturated rings. The Morgan fingerprint density at radius 2 is 1.79 bits per heavy atom. The molecule has 0 spiro atoms. The maximum absolute atomic E-state index is 6.38. The molecule has 0 radical (unpaired) electrons. The Hall–Kier alpha value is -3.78. The molecule has 1 aliphatic rings. The third kappa shape index (κ3) is 4.63. The third-order valence-corrected chi connectivity index (χ3v) is 6.24. The Labute approximate surface area is 202 Å². The number of fused-ring (bicyclic) bond motifs is 3. The van der Waals surface area contributed by atoms with Gasteiger partial charge in [-0.05, 0) is 36.8 Å². The number of hydrogen-bond donors (Lipinski definition) is 1. The lowest BCUT2D eigenvalue weighted by molar-refractivity contribution is 0.224. The van der Waals surface area contributed by atoms with Crippen LogP contribution in [-0.2, 0) is 5.75 Å². The standard InChI is InChI=1S/C26H24N4O3S/c1-3-32-21-14-13-18(15-22(21)31-2)24-27-20-12-8-7-11-19(20)23-25(33-24)28-26(30-29-23)34-16-17-9-5-4-6-10-17/h4-15,24,27H,3,16H2,1-2H3/t24-/m1/s1. The second-order valence-electron chi connectivity index (χ2n) is 7.55. The van der Waals surface area contributed by atoms with E-state index in [4.69, 9.17) is 19.2 Å². The van der Waals surface area contributed by atoms with E-state index in [-0.39, 0.29) is 0 Å². The van der Waals surface area contributed by atoms with E-state index in [2.05, 4.69) is 27.6 Å². The molecule has 0 saturated heterocycles. The van der Waals surface area contributed by atoms with E-state index < -0.39 is 6.23 Å². The highest BCUT2D eigenvalue weighted by atomic mass is 32.2. The number of para-hydroxylation sites is 1. The van der Waals surface area contributed by atoms with Gasteiger partial charge in [0.15, 0.2) is 23.4 Å². The summed E-state index contributed by atoms with van der Waals surface area (Å²) in [7, 11) is 1.63. The monoisotopic (exact) mass is 472 g/mol. The molecule has 172 valence electrons. The molecule has 0 saturated carbocycles. The van der Waals surface area contributed by atoms with Crippen molar-refractivity contribution in [2.75, 3.05) is 19.0 Å². The molecule has 4 aromatic rings. The zero-order valence-electron chi connectivity index (χ0n) is 18.9. The van der Waals surface area contributed by atoms with Crippen LogP contribution in [0.5, 0.6) is 17.4 Å². The molecule has 34 heavy (non-hydrogen) atoms. The van der Waals surface area contributed by atoms with Gasteiger partial charge in [-0.1, -0.05) is 60.3 Å². The molecule has 0 bridgehead atoms. The molecular formula is C26H24N4O3S. The van der Waals surface area contributed by atoms with Crippen molar-refractivity contribution in [1.82, 2.24) is 15.2 Å². The van der Waals surface area contributed by atoms with Crippen molar-refractivity contribution in [2.24, 2.45) is 0 Å². The first-order valence-electron chi connectivity index (χ1n) is 11.0. The van der Waals surface area contributed by atoms with Gasteiger partial charge in [0, 0.05) is 22.6 Å². The van der Waals surface area contributed by atoms with Crippen molar-refractivity contribution in [3.8, 4) is 28.6 Å². The number of anilines is 1. The molecule has 1 aromatic heterocycles. The minimum Gasteiger partial charge on any atom is -0.493 e. The van der Waals surface area contributed by atoms with Crippen molar-refractivity contribution in [3.63, 3.8) is 0 Å². The van der Waals surface area contributed by atoms with Crippen molar-refractivity contribution < 1.29 is 14.2 Å². The number of thioether (sulfide) groups is 1. The second-order valence-corrected chi connectivity index (χ2v) is 8.50. The van der Waals surface area contributed by atoms with Gasteiger partial charge in [-0.15, -0.1) is 10.2 Å². The highest BCUT2D eigenvalue weighted by Gasteiger charge is 2.26. The molecule has 1 aliphatic heterocycles. The molecule has 0 aliphatic carbocycles. The SMILES string of the molecule is CCOc1ccc([C@@H]2Nc3ccccc3-c3nnc(SCc4ccccc4)nc3O2)cc1OC. The Kier molecular flexibility index (Phi) is 6.49. The topological polar surface area (TPSA) is 78.4 Å². The van der Waals surface area contributed by atoms with Crippen LogP contribution in [0.25, 0.3) is 11.3 Å². The summed E-state index contributed by atoms with van der Waals surface area (Å²) in [5.74, 6) is 2.51. The van der Waals surface area contributed by atoms with Gasteiger partial charge in [0.05, 0.1) is 13.7 Å². The van der Waals surface area contributed by atoms with Gasteiger partial charge in [0.25, 0.3) is 0 Å². The van der Waals surface area contributed by atoms with Crippen LogP contribution >= 0.6 is 11.8 Å². The van der Waals surface area contributed by atoms with Crippen LogP contribution in [0.2, 0.25) is 0 Å². The maximum Gasteiger partial charge on any atom is 0.247 e. The van der Waals surface area contributed by atoms with Crippen molar-refractivity contribution in [2.45, 2.75) is 24.1 Å². The predicted octanol–water partition coefficient (Wildman–Crippen LogP) is 5.74. The van der Waals surface area contributed by atoms with Crippen LogP contribution in [-0.4, -0.2) is 28.9 Å². The van der Waals surface area contributed by atoms with Crippen LogP contribution in [0.1, 0.15) is 24.3 Å². The number of hydrogen-bond acceptors (Lipinski definition) is 8. The first kappa shape index (κ1) is 22.0. The molecule has 1 N–H and O–H groups in total. The summed E-state index contributed by atoms with van der Waals surface area (Å²) < 4.78 is 17.6. The van der Waals surface area contributed by atoms with E-state index in [0.717, 1.165) is 22.6 Å². The lowest BCUT2D eigenvalue weighted by Crippen LogP contribution is -2.17. The normalized spacial score (nSPS) is 14.1. The Morgan fingerprint density at radius 3 is 2.62 bits per heavy atom. The molecule has 7 nitrogen and oxygen atoms in total. The first-order valence-corrected chi connectivity index (χ1v) is 12.0. The summed E-state index contributed by atoms with van der Waals surface area (Å²) in [5.41, 5.74) is 4.45. The second kappa shape index (κ2) is 10.0. The van der Waals surface area contributed by atoms with Crippen LogP contribution in [0.3, 0.4) is 0 Å². The lowest BCUT2D eigenvalue weighted by atomic mass is 10.1. The maximum atomic E-state index is 6.38. The third-order valence-electron chi connectivity index (χ3n) is 5.33. The van der Waals surface area contributed by atoms with Gasteiger partial charge in [0.2, 0.25) is 11.0 Å². The summed E-state index contributed by atoms with van der Waals surface area (Å²) in [5, 5.41) is 12.9. The summed E-state index contributed by atoms with van der Waals surface area (Å²) in [4.78, 5) is 4.72. The Morgan fingerprint density at radius 1 is 0.971 bits per heavy atom. The average molecular weight is 473 g/mol. The van der Waals surface area contributed by atoms with Gasteiger partial charge >= 0.3 is 0 Å². The van der Waals surface area contributed by atoms with E-state index in [1.165, 1.54) is 17.3 Å². The number of nitrogens with zero attached hydrogens (tertiary/aromatic N) is 3. The van der Waals surface area contributed by atoms with E-state index in [1.54, 1.807) is 7.11 Å². The molecule has 3 aromatic carbocycles. The van der Waals surface area contributed by atoms with Gasteiger partial charge in [0.1, 0.15) is 0 Å². The Balaban J connectivity index is 1.49. The van der Waals surface area contributed by atoms with Gasteiger partial charge in [-0.2, -0.15) is 4.98 Å². The lowest BCUT2D eigenvalue weighted by Gasteiger charge is -2.20. The van der Waals surface area contributed by atoms with Gasteiger partial charge < -0.3 is 19.5 Å². The van der Waals surface area contributed by atoms with Crippen LogP contribution < -0.4 is 19.5 Å². The minimum absolute atomic E-state index is 0.431. The number of ether oxygens (including phenoxy) is 3. The first-order chi connectivity index (χ1) is 16.7. The predicted molar refractivity (Wildman–Crippen MR) is 132 cm³/mol. The molecule has 5 rings (SSSR count). The fourth-order valence-electron chi connectivity index (χ4n) is 3.70. The van der Waals surface area contributed by atoms with Gasteiger partial charge in [-0.25, -0.2) is 0 Å². The number of methoxy groups -OCH3 is 1. The van der Waals surface area contributed by atoms with Crippen molar-refractivity contribution >= 4 is 17.4 Å². The molecule has 2 heterocycles. The number of rotatable bonds is 7. The van der Waals surface area contributed by atoms with E-state index >= 15 is 0 Å². The van der Waals surface area contributed by atoms with Crippen LogP contribution in [0.4, 0.5) is 5.69 Å². The van der Waals surface area contributed by atoms with Crippen LogP contribution in [0.15, 0.2) is 78.0 Å². The summed E-state index contributed by atoms with van der Waals surface area (Å²) in [6, 6.07) is 23.9. The number of nitrogens with one attached hydrogen (secondary N) is 1.